The number of carbonyl (C=O) groups is 1. The summed E-state index contributed by atoms with van der Waals surface area (Å²) < 4.78 is 1.46. The quantitative estimate of drug-likeness (QED) is 0.786. The second kappa shape index (κ2) is 6.36. The molecule has 0 saturated carbocycles. The first-order valence-electron chi connectivity index (χ1n) is 6.64. The van der Waals surface area contributed by atoms with Gasteiger partial charge in [-0.3, -0.25) is 9.78 Å². The molecule has 3 heterocycles. The van der Waals surface area contributed by atoms with Crippen molar-refractivity contribution in [2.75, 3.05) is 5.32 Å². The number of hydrogen-bond acceptors (Lipinski definition) is 4. The van der Waals surface area contributed by atoms with Crippen molar-refractivity contribution < 1.29 is 4.79 Å². The highest BCUT2D eigenvalue weighted by Gasteiger charge is 2.15. The molecular formula is C15H11Cl2N5O. The van der Waals surface area contributed by atoms with E-state index in [1.54, 1.807) is 37.4 Å². The van der Waals surface area contributed by atoms with Crippen LogP contribution in [0.25, 0.3) is 5.82 Å². The van der Waals surface area contributed by atoms with Crippen LogP contribution in [0.5, 0.6) is 0 Å². The third kappa shape index (κ3) is 3.33. The van der Waals surface area contributed by atoms with Crippen LogP contribution in [0.15, 0.2) is 42.9 Å². The number of aromatic nitrogens is 4. The van der Waals surface area contributed by atoms with E-state index in [0.29, 0.717) is 32.9 Å². The predicted molar refractivity (Wildman–Crippen MR) is 88.3 cm³/mol. The zero-order valence-corrected chi connectivity index (χ0v) is 13.5. The summed E-state index contributed by atoms with van der Waals surface area (Å²) in [6.07, 6.45) is 4.55. The number of carbonyl (C=O) groups excluding carboxylic acids is 1. The lowest BCUT2D eigenvalue weighted by Gasteiger charge is -2.09. The average molecular weight is 348 g/mol. The Morgan fingerprint density at radius 3 is 2.78 bits per heavy atom. The van der Waals surface area contributed by atoms with Crippen molar-refractivity contribution in [3.05, 3.63) is 64.2 Å². The summed E-state index contributed by atoms with van der Waals surface area (Å²) in [5, 5.41) is 7.84. The summed E-state index contributed by atoms with van der Waals surface area (Å²) in [4.78, 5) is 20.4. The van der Waals surface area contributed by atoms with Gasteiger partial charge in [-0.1, -0.05) is 23.2 Å². The van der Waals surface area contributed by atoms with Crippen molar-refractivity contribution in [3.8, 4) is 5.82 Å². The molecule has 23 heavy (non-hydrogen) atoms. The Hall–Kier alpha value is -2.44. The topological polar surface area (TPSA) is 72.7 Å². The molecule has 0 radical (unpaired) electrons. The maximum Gasteiger partial charge on any atom is 0.258 e. The van der Waals surface area contributed by atoms with Crippen molar-refractivity contribution in [2.45, 2.75) is 6.92 Å². The Balaban J connectivity index is 1.97. The Bertz CT molecular complexity index is 864. The van der Waals surface area contributed by atoms with Crippen LogP contribution in [-0.4, -0.2) is 25.7 Å². The first-order valence-corrected chi connectivity index (χ1v) is 7.39. The molecule has 3 aromatic heterocycles. The summed E-state index contributed by atoms with van der Waals surface area (Å²) in [5.74, 6) is 0.531. The minimum Gasteiger partial charge on any atom is -0.306 e. The third-order valence-electron chi connectivity index (χ3n) is 2.99. The number of aryl methyl sites for hydroxylation is 1. The number of nitrogens with zero attached hydrogens (tertiary/aromatic N) is 4. The molecule has 0 aliphatic carbocycles. The third-order valence-corrected chi connectivity index (χ3v) is 3.47. The minimum atomic E-state index is -0.302. The highest BCUT2D eigenvalue weighted by Crippen LogP contribution is 2.25. The van der Waals surface area contributed by atoms with Crippen LogP contribution in [0, 0.1) is 6.92 Å². The van der Waals surface area contributed by atoms with Gasteiger partial charge in [-0.2, -0.15) is 9.78 Å². The van der Waals surface area contributed by atoms with Gasteiger partial charge in [-0.25, -0.2) is 4.98 Å². The van der Waals surface area contributed by atoms with Crippen LogP contribution in [0.2, 0.25) is 10.0 Å². The van der Waals surface area contributed by atoms with Gasteiger partial charge in [-0.15, -0.1) is 0 Å². The predicted octanol–water partition coefficient (Wildman–Crippen LogP) is 3.53. The first-order chi connectivity index (χ1) is 11.0. The zero-order valence-electron chi connectivity index (χ0n) is 12.0. The van der Waals surface area contributed by atoms with Crippen LogP contribution >= 0.6 is 23.2 Å². The lowest BCUT2D eigenvalue weighted by atomic mass is 10.3. The van der Waals surface area contributed by atoms with Gasteiger partial charge in [0.1, 0.15) is 5.82 Å². The van der Waals surface area contributed by atoms with E-state index >= 15 is 0 Å². The van der Waals surface area contributed by atoms with Crippen molar-refractivity contribution >= 4 is 34.9 Å². The number of hydrogen-bond donors (Lipinski definition) is 1. The molecule has 0 atom stereocenters. The number of pyridine rings is 2. The summed E-state index contributed by atoms with van der Waals surface area (Å²) in [6.45, 7) is 1.81. The molecule has 3 aromatic rings. The molecule has 0 saturated heterocycles. The SMILES string of the molecule is Cc1cc(NC(=O)c2cccnc2)n(-c2ncc(Cl)cc2Cl)n1. The first kappa shape index (κ1) is 15.5. The van der Waals surface area contributed by atoms with Gasteiger partial charge in [0.25, 0.3) is 5.91 Å². The summed E-state index contributed by atoms with van der Waals surface area (Å²) in [6, 6.07) is 6.65. The number of amides is 1. The second-order valence-corrected chi connectivity index (χ2v) is 5.58. The van der Waals surface area contributed by atoms with Crippen molar-refractivity contribution in [1.82, 2.24) is 19.7 Å². The molecule has 8 heteroatoms. The Morgan fingerprint density at radius 2 is 2.09 bits per heavy atom. The molecular weight excluding hydrogens is 337 g/mol. The monoisotopic (exact) mass is 347 g/mol. The second-order valence-electron chi connectivity index (χ2n) is 4.74. The Labute approximate surface area is 142 Å². The van der Waals surface area contributed by atoms with Crippen LogP contribution in [0.1, 0.15) is 16.1 Å². The van der Waals surface area contributed by atoms with E-state index in [9.17, 15) is 4.79 Å². The molecule has 0 fully saturated rings. The van der Waals surface area contributed by atoms with Gasteiger partial charge in [0, 0.05) is 24.7 Å². The van der Waals surface area contributed by atoms with E-state index in [0.717, 1.165) is 0 Å². The molecule has 116 valence electrons. The van der Waals surface area contributed by atoms with E-state index < -0.39 is 0 Å². The van der Waals surface area contributed by atoms with Crippen LogP contribution in [-0.2, 0) is 0 Å². The largest absolute Gasteiger partial charge is 0.306 e. The maximum absolute atomic E-state index is 12.3. The fourth-order valence-corrected chi connectivity index (χ4v) is 2.46. The van der Waals surface area contributed by atoms with Crippen LogP contribution in [0.4, 0.5) is 5.82 Å². The number of halogens is 2. The molecule has 6 nitrogen and oxygen atoms in total. The van der Waals surface area contributed by atoms with E-state index in [1.807, 2.05) is 0 Å². The van der Waals surface area contributed by atoms with E-state index in [4.69, 9.17) is 23.2 Å². The van der Waals surface area contributed by atoms with Gasteiger partial charge in [0.05, 0.1) is 21.3 Å². The molecule has 0 unspecified atom stereocenters. The van der Waals surface area contributed by atoms with Crippen LogP contribution < -0.4 is 5.32 Å². The van der Waals surface area contributed by atoms with Crippen molar-refractivity contribution in [1.29, 1.82) is 0 Å². The highest BCUT2D eigenvalue weighted by molar-refractivity contribution is 6.35. The molecule has 1 N–H and O–H groups in total. The number of rotatable bonds is 3. The molecule has 1 amide bonds. The lowest BCUT2D eigenvalue weighted by Crippen LogP contribution is -2.15. The van der Waals surface area contributed by atoms with Gasteiger partial charge in [0.2, 0.25) is 0 Å². The molecule has 0 spiro atoms. The van der Waals surface area contributed by atoms with E-state index in [-0.39, 0.29) is 5.91 Å². The van der Waals surface area contributed by atoms with Gasteiger partial charge in [0.15, 0.2) is 5.82 Å². The Kier molecular flexibility index (Phi) is 4.27. The summed E-state index contributed by atoms with van der Waals surface area (Å²) in [5.41, 5.74) is 1.15. The minimum absolute atomic E-state index is 0.302. The number of anilines is 1. The van der Waals surface area contributed by atoms with Crippen LogP contribution in [0.3, 0.4) is 0 Å². The summed E-state index contributed by atoms with van der Waals surface area (Å²) in [7, 11) is 0. The zero-order chi connectivity index (χ0) is 16.4. The standard InChI is InChI=1S/C15H11Cl2N5O/c1-9-5-13(20-15(23)10-3-2-4-18-7-10)22(21-9)14-12(17)6-11(16)8-19-14/h2-8H,1H3,(H,20,23). The normalized spacial score (nSPS) is 10.6. The summed E-state index contributed by atoms with van der Waals surface area (Å²) >= 11 is 12.0. The van der Waals surface area contributed by atoms with E-state index in [1.165, 1.54) is 17.1 Å². The van der Waals surface area contributed by atoms with E-state index in [2.05, 4.69) is 20.4 Å². The van der Waals surface area contributed by atoms with Gasteiger partial charge in [-0.05, 0) is 25.1 Å². The van der Waals surface area contributed by atoms with Crippen molar-refractivity contribution in [2.24, 2.45) is 0 Å². The molecule has 3 rings (SSSR count). The number of nitrogens with one attached hydrogen (secondary N) is 1. The smallest absolute Gasteiger partial charge is 0.258 e. The maximum atomic E-state index is 12.3. The highest BCUT2D eigenvalue weighted by atomic mass is 35.5. The molecule has 0 aliphatic rings. The van der Waals surface area contributed by atoms with Gasteiger partial charge >= 0.3 is 0 Å². The average Bonchev–Trinajstić information content (AvgIpc) is 2.88. The van der Waals surface area contributed by atoms with Gasteiger partial charge < -0.3 is 5.32 Å². The molecule has 0 aliphatic heterocycles. The Morgan fingerprint density at radius 1 is 1.26 bits per heavy atom. The lowest BCUT2D eigenvalue weighted by molar-refractivity contribution is 0.102. The fourth-order valence-electron chi connectivity index (χ4n) is 2.00. The molecule has 0 aromatic carbocycles. The van der Waals surface area contributed by atoms with Crippen molar-refractivity contribution in [3.63, 3.8) is 0 Å². The fraction of sp³-hybridized carbons (Fsp3) is 0.0667. The molecule has 0 bridgehead atoms.